The minimum atomic E-state index is -1.29. The van der Waals surface area contributed by atoms with Crippen LogP contribution in [0.4, 0.5) is 4.79 Å². The molecule has 3 N–H and O–H groups in total. The highest BCUT2D eigenvalue weighted by Gasteiger charge is 2.33. The maximum atomic E-state index is 12.6. The summed E-state index contributed by atoms with van der Waals surface area (Å²) in [4.78, 5) is 37.1. The number of ether oxygens (including phenoxy) is 2. The van der Waals surface area contributed by atoms with Gasteiger partial charge in [-0.05, 0) is 39.2 Å². The van der Waals surface area contributed by atoms with Crippen molar-refractivity contribution < 1.29 is 29.0 Å². The third-order valence-electron chi connectivity index (χ3n) is 3.88. The molecule has 3 atom stereocenters. The predicted molar refractivity (Wildman–Crippen MR) is 108 cm³/mol. The first-order chi connectivity index (χ1) is 13.4. The zero-order valence-corrected chi connectivity index (χ0v) is 17.9. The van der Waals surface area contributed by atoms with Gasteiger partial charge in [-0.2, -0.15) is 0 Å². The lowest BCUT2D eigenvalue weighted by Gasteiger charge is -2.28. The normalized spacial score (nSPS) is 14.5. The molecule has 0 aliphatic rings. The number of nitrogens with one attached hydrogen (secondary N) is 2. The number of rotatable bonds is 8. The van der Waals surface area contributed by atoms with Crippen molar-refractivity contribution in [2.75, 3.05) is 0 Å². The second-order valence-corrected chi connectivity index (χ2v) is 8.19. The highest BCUT2D eigenvalue weighted by molar-refractivity contribution is 5.90. The van der Waals surface area contributed by atoms with Crippen molar-refractivity contribution in [1.29, 1.82) is 0 Å². The molecule has 0 aliphatic carbocycles. The van der Waals surface area contributed by atoms with Gasteiger partial charge in [-0.3, -0.25) is 4.79 Å². The molecule has 1 rings (SSSR count). The molecule has 0 saturated carbocycles. The van der Waals surface area contributed by atoms with Crippen LogP contribution in [0.15, 0.2) is 30.3 Å². The second kappa shape index (κ2) is 10.8. The van der Waals surface area contributed by atoms with E-state index in [9.17, 15) is 19.5 Å². The van der Waals surface area contributed by atoms with Gasteiger partial charge in [0.05, 0.1) is 6.10 Å². The number of carbonyl (C=O) groups is 3. The standard InChI is InChI=1S/C21H32N2O6/c1-13(2)16(19(26)29-21(4,5)6)22-18(25)17(14(3)24)23-20(27)28-12-15-10-8-7-9-11-15/h7-11,13-14,16-17,24H,12H2,1-6H3,(H,22,25)(H,23,27)/t14-,16-,17+/m1/s1. The highest BCUT2D eigenvalue weighted by atomic mass is 16.6. The van der Waals surface area contributed by atoms with E-state index < -0.39 is 41.8 Å². The smallest absolute Gasteiger partial charge is 0.408 e. The van der Waals surface area contributed by atoms with Crippen LogP contribution in [0.2, 0.25) is 0 Å². The van der Waals surface area contributed by atoms with Gasteiger partial charge in [0.15, 0.2) is 0 Å². The molecule has 0 bridgehead atoms. The van der Waals surface area contributed by atoms with Crippen molar-refractivity contribution in [2.45, 2.75) is 71.9 Å². The van der Waals surface area contributed by atoms with Crippen LogP contribution in [0.1, 0.15) is 47.1 Å². The van der Waals surface area contributed by atoms with E-state index in [4.69, 9.17) is 9.47 Å². The van der Waals surface area contributed by atoms with Crippen LogP contribution in [0.3, 0.4) is 0 Å². The van der Waals surface area contributed by atoms with Crippen LogP contribution in [-0.4, -0.2) is 46.9 Å². The summed E-state index contributed by atoms with van der Waals surface area (Å²) in [5.74, 6) is -1.55. The average molecular weight is 408 g/mol. The Hall–Kier alpha value is -2.61. The molecule has 0 spiro atoms. The lowest BCUT2D eigenvalue weighted by atomic mass is 10.0. The second-order valence-electron chi connectivity index (χ2n) is 8.19. The fraction of sp³-hybridized carbons (Fsp3) is 0.571. The predicted octanol–water partition coefficient (Wildman–Crippen LogP) is 2.14. The van der Waals surface area contributed by atoms with Gasteiger partial charge >= 0.3 is 12.1 Å². The van der Waals surface area contributed by atoms with Crippen LogP contribution in [0.25, 0.3) is 0 Å². The topological polar surface area (TPSA) is 114 Å². The van der Waals surface area contributed by atoms with Crippen LogP contribution in [-0.2, 0) is 25.7 Å². The van der Waals surface area contributed by atoms with E-state index in [0.29, 0.717) is 0 Å². The Kier molecular flexibility index (Phi) is 9.10. The van der Waals surface area contributed by atoms with Crippen LogP contribution >= 0.6 is 0 Å². The van der Waals surface area contributed by atoms with Crippen molar-refractivity contribution in [3.63, 3.8) is 0 Å². The van der Waals surface area contributed by atoms with Gasteiger partial charge < -0.3 is 25.2 Å². The number of aliphatic hydroxyl groups excluding tert-OH is 1. The summed E-state index contributed by atoms with van der Waals surface area (Å²) >= 11 is 0. The molecule has 0 fully saturated rings. The number of hydrogen-bond acceptors (Lipinski definition) is 6. The fourth-order valence-electron chi connectivity index (χ4n) is 2.40. The van der Waals surface area contributed by atoms with Gasteiger partial charge in [-0.25, -0.2) is 9.59 Å². The van der Waals surface area contributed by atoms with Crippen molar-refractivity contribution in [3.05, 3.63) is 35.9 Å². The molecule has 1 aromatic rings. The molecule has 29 heavy (non-hydrogen) atoms. The molecule has 162 valence electrons. The third kappa shape index (κ3) is 8.95. The number of benzene rings is 1. The molecular formula is C21H32N2O6. The third-order valence-corrected chi connectivity index (χ3v) is 3.88. The summed E-state index contributed by atoms with van der Waals surface area (Å²) in [5.41, 5.74) is 0.0727. The summed E-state index contributed by atoms with van der Waals surface area (Å²) in [6, 6.07) is 6.83. The number of alkyl carbamates (subject to hydrolysis) is 1. The number of amides is 2. The minimum Gasteiger partial charge on any atom is -0.458 e. The van der Waals surface area contributed by atoms with Gasteiger partial charge in [0.2, 0.25) is 5.91 Å². The van der Waals surface area contributed by atoms with E-state index >= 15 is 0 Å². The molecule has 0 saturated heterocycles. The summed E-state index contributed by atoms with van der Waals surface area (Å²) in [5, 5.41) is 14.8. The Balaban J connectivity index is 2.74. The van der Waals surface area contributed by atoms with Crippen molar-refractivity contribution in [1.82, 2.24) is 10.6 Å². The molecule has 8 heteroatoms. The first-order valence-electron chi connectivity index (χ1n) is 9.59. The molecular weight excluding hydrogens is 376 g/mol. The quantitative estimate of drug-likeness (QED) is 0.568. The largest absolute Gasteiger partial charge is 0.458 e. The number of esters is 1. The van der Waals surface area contributed by atoms with Gasteiger partial charge in [-0.1, -0.05) is 44.2 Å². The minimum absolute atomic E-state index is 0.0212. The van der Waals surface area contributed by atoms with E-state index in [2.05, 4.69) is 10.6 Å². The van der Waals surface area contributed by atoms with Crippen LogP contribution < -0.4 is 10.6 Å². The zero-order chi connectivity index (χ0) is 22.2. The van der Waals surface area contributed by atoms with Gasteiger partial charge in [0.25, 0.3) is 0 Å². The molecule has 0 radical (unpaired) electrons. The number of hydrogen-bond donors (Lipinski definition) is 3. The van der Waals surface area contributed by atoms with E-state index in [1.54, 1.807) is 46.8 Å². The molecule has 0 aliphatic heterocycles. The Labute approximate surface area is 172 Å². The van der Waals surface area contributed by atoms with Crippen molar-refractivity contribution in [2.24, 2.45) is 5.92 Å². The zero-order valence-electron chi connectivity index (χ0n) is 17.9. The SMILES string of the molecule is CC(C)[C@@H](NC(=O)[C@@H](NC(=O)OCc1ccccc1)[C@@H](C)O)C(=O)OC(C)(C)C. The number of carbonyl (C=O) groups excluding carboxylic acids is 3. The van der Waals surface area contributed by atoms with Gasteiger partial charge in [0.1, 0.15) is 24.3 Å². The van der Waals surface area contributed by atoms with Crippen LogP contribution in [0, 0.1) is 5.92 Å². The van der Waals surface area contributed by atoms with Gasteiger partial charge in [0, 0.05) is 0 Å². The number of aliphatic hydroxyl groups is 1. The van der Waals surface area contributed by atoms with E-state index in [1.807, 2.05) is 18.2 Å². The first kappa shape index (κ1) is 24.4. The summed E-state index contributed by atoms with van der Waals surface area (Å²) < 4.78 is 10.4. The van der Waals surface area contributed by atoms with E-state index in [1.165, 1.54) is 6.92 Å². The molecule has 8 nitrogen and oxygen atoms in total. The summed E-state index contributed by atoms with van der Waals surface area (Å²) in [7, 11) is 0. The lowest BCUT2D eigenvalue weighted by Crippen LogP contribution is -2.57. The first-order valence-corrected chi connectivity index (χ1v) is 9.59. The van der Waals surface area contributed by atoms with E-state index in [-0.39, 0.29) is 12.5 Å². The van der Waals surface area contributed by atoms with Crippen molar-refractivity contribution in [3.8, 4) is 0 Å². The Morgan fingerprint density at radius 2 is 1.59 bits per heavy atom. The molecule has 0 unspecified atom stereocenters. The lowest BCUT2D eigenvalue weighted by molar-refractivity contribution is -0.160. The highest BCUT2D eigenvalue weighted by Crippen LogP contribution is 2.13. The Morgan fingerprint density at radius 1 is 1.00 bits per heavy atom. The Morgan fingerprint density at radius 3 is 2.07 bits per heavy atom. The molecule has 0 aromatic heterocycles. The van der Waals surface area contributed by atoms with Crippen molar-refractivity contribution >= 4 is 18.0 Å². The average Bonchev–Trinajstić information content (AvgIpc) is 2.61. The van der Waals surface area contributed by atoms with E-state index in [0.717, 1.165) is 5.56 Å². The molecule has 0 heterocycles. The Bertz CT molecular complexity index is 682. The summed E-state index contributed by atoms with van der Waals surface area (Å²) in [6.07, 6.45) is -2.06. The van der Waals surface area contributed by atoms with Gasteiger partial charge in [-0.15, -0.1) is 0 Å². The fourth-order valence-corrected chi connectivity index (χ4v) is 2.40. The maximum Gasteiger partial charge on any atom is 0.408 e. The summed E-state index contributed by atoms with van der Waals surface area (Å²) in [6.45, 7) is 10.1. The maximum absolute atomic E-state index is 12.6. The molecule has 1 aromatic carbocycles. The molecule has 2 amide bonds. The monoisotopic (exact) mass is 408 g/mol. The van der Waals surface area contributed by atoms with Crippen LogP contribution in [0.5, 0.6) is 0 Å².